The molecule has 80 valence electrons. The van der Waals surface area contributed by atoms with Gasteiger partial charge in [0.2, 0.25) is 0 Å². The smallest absolute Gasteiger partial charge is 0.166 e. The van der Waals surface area contributed by atoms with Crippen LogP contribution in [0.1, 0.15) is 17.5 Å². The van der Waals surface area contributed by atoms with Crippen molar-refractivity contribution in [2.75, 3.05) is 25.6 Å². The molecule has 5 heteroatoms. The fourth-order valence-corrected chi connectivity index (χ4v) is 1.16. The maximum absolute atomic E-state index is 8.92. The van der Waals surface area contributed by atoms with E-state index in [1.54, 1.807) is 13.3 Å². The molecule has 0 spiro atoms. The predicted molar refractivity (Wildman–Crippen MR) is 56.5 cm³/mol. The number of anilines is 1. The molecule has 1 rings (SSSR count). The molecule has 0 saturated heterocycles. The fourth-order valence-electron chi connectivity index (χ4n) is 1.16. The Kier molecular flexibility index (Phi) is 4.51. The lowest BCUT2D eigenvalue weighted by atomic mass is 10.2. The van der Waals surface area contributed by atoms with E-state index in [4.69, 9.17) is 10.00 Å². The minimum atomic E-state index is 0.550. The van der Waals surface area contributed by atoms with Crippen molar-refractivity contribution in [3.8, 4) is 6.07 Å². The van der Waals surface area contributed by atoms with Crippen LogP contribution in [0.4, 0.5) is 5.82 Å². The summed E-state index contributed by atoms with van der Waals surface area (Å²) in [6.07, 6.45) is 2.45. The van der Waals surface area contributed by atoms with Crippen molar-refractivity contribution < 1.29 is 4.74 Å². The molecule has 0 radical (unpaired) electrons. The highest BCUT2D eigenvalue weighted by Crippen LogP contribution is 2.13. The van der Waals surface area contributed by atoms with Gasteiger partial charge in [0.25, 0.3) is 0 Å². The first-order chi connectivity index (χ1) is 7.29. The van der Waals surface area contributed by atoms with E-state index in [1.807, 2.05) is 6.92 Å². The van der Waals surface area contributed by atoms with Gasteiger partial charge in [0.15, 0.2) is 5.82 Å². The highest BCUT2D eigenvalue weighted by atomic mass is 16.5. The normalized spacial score (nSPS) is 9.67. The summed E-state index contributed by atoms with van der Waals surface area (Å²) in [5.74, 6) is 0.550. The maximum Gasteiger partial charge on any atom is 0.166 e. The van der Waals surface area contributed by atoms with Gasteiger partial charge < -0.3 is 10.1 Å². The summed E-state index contributed by atoms with van der Waals surface area (Å²) in [7, 11) is 1.66. The van der Waals surface area contributed by atoms with Crippen LogP contribution < -0.4 is 5.32 Å². The number of nitrogens with one attached hydrogen (secondary N) is 1. The zero-order valence-electron chi connectivity index (χ0n) is 8.95. The van der Waals surface area contributed by atoms with Crippen LogP contribution in [0.15, 0.2) is 6.20 Å². The standard InChI is InChI=1S/C10H14N4O/c1-8-7-13-14-10(9(8)6-11)12-4-3-5-15-2/h7H,3-5H2,1-2H3,(H,12,14). The van der Waals surface area contributed by atoms with Gasteiger partial charge in [-0.05, 0) is 18.9 Å². The second kappa shape index (κ2) is 5.94. The van der Waals surface area contributed by atoms with Gasteiger partial charge in [-0.3, -0.25) is 0 Å². The van der Waals surface area contributed by atoms with Gasteiger partial charge in [0, 0.05) is 20.3 Å². The van der Waals surface area contributed by atoms with E-state index in [0.717, 1.165) is 18.5 Å². The minimum absolute atomic E-state index is 0.550. The zero-order valence-corrected chi connectivity index (χ0v) is 8.95. The minimum Gasteiger partial charge on any atom is -0.385 e. The van der Waals surface area contributed by atoms with Gasteiger partial charge in [0.1, 0.15) is 11.6 Å². The van der Waals surface area contributed by atoms with Crippen LogP contribution in [0.25, 0.3) is 0 Å². The van der Waals surface area contributed by atoms with Gasteiger partial charge in [0.05, 0.1) is 6.20 Å². The van der Waals surface area contributed by atoms with Crippen molar-refractivity contribution in [2.45, 2.75) is 13.3 Å². The van der Waals surface area contributed by atoms with E-state index < -0.39 is 0 Å². The van der Waals surface area contributed by atoms with Crippen molar-refractivity contribution in [1.29, 1.82) is 5.26 Å². The van der Waals surface area contributed by atoms with Crippen LogP contribution >= 0.6 is 0 Å². The van der Waals surface area contributed by atoms with Crippen LogP contribution in [0.3, 0.4) is 0 Å². The Balaban J connectivity index is 2.61. The molecule has 0 aliphatic rings. The molecule has 1 aromatic rings. The van der Waals surface area contributed by atoms with Crippen LogP contribution in [0.2, 0.25) is 0 Å². The number of nitriles is 1. The molecular formula is C10H14N4O. The molecule has 0 amide bonds. The number of aromatic nitrogens is 2. The van der Waals surface area contributed by atoms with Gasteiger partial charge in [-0.25, -0.2) is 0 Å². The summed E-state index contributed by atoms with van der Waals surface area (Å²) in [4.78, 5) is 0. The van der Waals surface area contributed by atoms with E-state index >= 15 is 0 Å². The molecule has 5 nitrogen and oxygen atoms in total. The van der Waals surface area contributed by atoms with Gasteiger partial charge in [-0.15, -0.1) is 5.10 Å². The van der Waals surface area contributed by atoms with Crippen LogP contribution in [-0.2, 0) is 4.74 Å². The predicted octanol–water partition coefficient (Wildman–Crippen LogP) is 1.11. The van der Waals surface area contributed by atoms with Crippen LogP contribution in [0.5, 0.6) is 0 Å². The van der Waals surface area contributed by atoms with Crippen molar-refractivity contribution in [1.82, 2.24) is 10.2 Å². The number of hydrogen-bond donors (Lipinski definition) is 1. The molecule has 0 bridgehead atoms. The summed E-state index contributed by atoms with van der Waals surface area (Å²) in [5, 5.41) is 19.7. The molecule has 0 saturated carbocycles. The number of aryl methyl sites for hydroxylation is 1. The topological polar surface area (TPSA) is 70.8 Å². The van der Waals surface area contributed by atoms with Crippen molar-refractivity contribution in [3.63, 3.8) is 0 Å². The molecule has 1 N–H and O–H groups in total. The summed E-state index contributed by atoms with van der Waals surface area (Å²) in [5.41, 5.74) is 1.39. The van der Waals surface area contributed by atoms with Gasteiger partial charge >= 0.3 is 0 Å². The highest BCUT2D eigenvalue weighted by molar-refractivity contribution is 5.54. The molecule has 0 unspecified atom stereocenters. The summed E-state index contributed by atoms with van der Waals surface area (Å²) in [6.45, 7) is 3.25. The SMILES string of the molecule is COCCCNc1nncc(C)c1C#N. The molecule has 0 aliphatic carbocycles. The van der Waals surface area contributed by atoms with Crippen molar-refractivity contribution >= 4 is 5.82 Å². The molecule has 0 aromatic carbocycles. The molecule has 1 heterocycles. The second-order valence-electron chi connectivity index (χ2n) is 3.14. The van der Waals surface area contributed by atoms with Crippen LogP contribution in [0, 0.1) is 18.3 Å². The quantitative estimate of drug-likeness (QED) is 0.730. The molecule has 0 aliphatic heterocycles. The molecule has 1 aromatic heterocycles. The van der Waals surface area contributed by atoms with E-state index in [1.165, 1.54) is 0 Å². The fraction of sp³-hybridized carbons (Fsp3) is 0.500. The third-order valence-corrected chi connectivity index (χ3v) is 1.97. The van der Waals surface area contributed by atoms with Gasteiger partial charge in [-0.2, -0.15) is 10.4 Å². The lowest BCUT2D eigenvalue weighted by molar-refractivity contribution is 0.197. The first-order valence-corrected chi connectivity index (χ1v) is 4.74. The van der Waals surface area contributed by atoms with E-state index in [2.05, 4.69) is 21.6 Å². The molecule has 15 heavy (non-hydrogen) atoms. The summed E-state index contributed by atoms with van der Waals surface area (Å²) < 4.78 is 4.92. The average Bonchev–Trinajstić information content (AvgIpc) is 2.24. The van der Waals surface area contributed by atoms with E-state index in [9.17, 15) is 0 Å². The lowest BCUT2D eigenvalue weighted by Gasteiger charge is -2.06. The Morgan fingerprint density at radius 2 is 2.40 bits per heavy atom. The largest absolute Gasteiger partial charge is 0.385 e. The number of methoxy groups -OCH3 is 1. The van der Waals surface area contributed by atoms with Gasteiger partial charge in [-0.1, -0.05) is 0 Å². The Morgan fingerprint density at radius 3 is 3.07 bits per heavy atom. The summed E-state index contributed by atoms with van der Waals surface area (Å²) in [6, 6.07) is 2.11. The lowest BCUT2D eigenvalue weighted by Crippen LogP contribution is -2.09. The Labute approximate surface area is 89.1 Å². The Morgan fingerprint density at radius 1 is 1.60 bits per heavy atom. The highest BCUT2D eigenvalue weighted by Gasteiger charge is 2.06. The third kappa shape index (κ3) is 3.18. The average molecular weight is 206 g/mol. The second-order valence-corrected chi connectivity index (χ2v) is 3.14. The monoisotopic (exact) mass is 206 g/mol. The number of rotatable bonds is 5. The number of hydrogen-bond acceptors (Lipinski definition) is 5. The Bertz CT molecular complexity index is 359. The Hall–Kier alpha value is -1.67. The maximum atomic E-state index is 8.92. The molecular weight excluding hydrogens is 192 g/mol. The van der Waals surface area contributed by atoms with E-state index in [-0.39, 0.29) is 0 Å². The third-order valence-electron chi connectivity index (χ3n) is 1.97. The zero-order chi connectivity index (χ0) is 11.1. The molecule has 0 atom stereocenters. The number of ether oxygens (including phenoxy) is 1. The first-order valence-electron chi connectivity index (χ1n) is 4.74. The van der Waals surface area contributed by atoms with Crippen molar-refractivity contribution in [2.24, 2.45) is 0 Å². The van der Waals surface area contributed by atoms with E-state index in [0.29, 0.717) is 18.0 Å². The van der Waals surface area contributed by atoms with Crippen molar-refractivity contribution in [3.05, 3.63) is 17.3 Å². The molecule has 0 fully saturated rings. The van der Waals surface area contributed by atoms with Crippen LogP contribution in [-0.4, -0.2) is 30.5 Å². The number of nitrogens with zero attached hydrogens (tertiary/aromatic N) is 3. The first kappa shape index (κ1) is 11.4. The summed E-state index contributed by atoms with van der Waals surface area (Å²) >= 11 is 0.